The number of nitrogens with zero attached hydrogens (tertiary/aromatic N) is 1. The zero-order chi connectivity index (χ0) is 15.4. The Hall–Kier alpha value is -2.08. The fourth-order valence-electron chi connectivity index (χ4n) is 2.28. The molecule has 21 heavy (non-hydrogen) atoms. The number of carbonyl (C=O) groups excluding carboxylic acids is 2. The van der Waals surface area contributed by atoms with E-state index in [2.05, 4.69) is 5.32 Å². The third-order valence-electron chi connectivity index (χ3n) is 3.73. The molecule has 3 N–H and O–H groups in total. The van der Waals surface area contributed by atoms with Gasteiger partial charge in [-0.05, 0) is 18.6 Å². The summed E-state index contributed by atoms with van der Waals surface area (Å²) < 4.78 is 0. The molecule has 114 valence electrons. The summed E-state index contributed by atoms with van der Waals surface area (Å²) in [7, 11) is 0. The summed E-state index contributed by atoms with van der Waals surface area (Å²) in [5.41, 5.74) is 0.268. The smallest absolute Gasteiger partial charge is 0.257 e. The van der Waals surface area contributed by atoms with Gasteiger partial charge in [0.15, 0.2) is 0 Å². The van der Waals surface area contributed by atoms with E-state index in [0.717, 1.165) is 0 Å². The Morgan fingerprint density at radius 2 is 2.05 bits per heavy atom. The number of aliphatic hydroxyl groups is 1. The molecule has 1 aromatic carbocycles. The van der Waals surface area contributed by atoms with Gasteiger partial charge in [0.2, 0.25) is 5.91 Å². The molecule has 2 amide bonds. The lowest BCUT2D eigenvalue weighted by atomic mass is 10.0. The zero-order valence-electron chi connectivity index (χ0n) is 12.0. The number of likely N-dealkylation sites (tertiary alicyclic amines) is 1. The van der Waals surface area contributed by atoms with E-state index in [9.17, 15) is 14.7 Å². The molecule has 0 unspecified atom stereocenters. The van der Waals surface area contributed by atoms with Crippen LogP contribution in [0.1, 0.15) is 23.7 Å². The van der Waals surface area contributed by atoms with Crippen LogP contribution in [0.25, 0.3) is 0 Å². The van der Waals surface area contributed by atoms with Gasteiger partial charge < -0.3 is 20.4 Å². The van der Waals surface area contributed by atoms with Gasteiger partial charge in [-0.1, -0.05) is 19.1 Å². The van der Waals surface area contributed by atoms with Crippen molar-refractivity contribution in [2.75, 3.05) is 19.7 Å². The van der Waals surface area contributed by atoms with Crippen molar-refractivity contribution >= 4 is 11.8 Å². The Bertz CT molecular complexity index is 522. The molecule has 1 fully saturated rings. The summed E-state index contributed by atoms with van der Waals surface area (Å²) in [5.74, 6) is -0.860. The van der Waals surface area contributed by atoms with Gasteiger partial charge in [-0.25, -0.2) is 0 Å². The van der Waals surface area contributed by atoms with E-state index in [0.29, 0.717) is 19.5 Å². The predicted octanol–water partition coefficient (Wildman–Crippen LogP) is 0.351. The van der Waals surface area contributed by atoms with E-state index < -0.39 is 5.92 Å². The maximum Gasteiger partial charge on any atom is 0.257 e. The summed E-state index contributed by atoms with van der Waals surface area (Å²) in [5, 5.41) is 21.5. The summed E-state index contributed by atoms with van der Waals surface area (Å²) >= 11 is 0. The highest BCUT2D eigenvalue weighted by Crippen LogP contribution is 2.21. The van der Waals surface area contributed by atoms with E-state index in [1.54, 1.807) is 23.1 Å². The average Bonchev–Trinajstić information content (AvgIpc) is 2.43. The maximum absolute atomic E-state index is 12.1. The minimum absolute atomic E-state index is 0.0405. The molecule has 0 bridgehead atoms. The fourth-order valence-corrected chi connectivity index (χ4v) is 2.28. The number of hydrogen-bond donors (Lipinski definition) is 3. The van der Waals surface area contributed by atoms with Gasteiger partial charge in [0, 0.05) is 13.1 Å². The molecule has 0 spiro atoms. The fraction of sp³-hybridized carbons (Fsp3) is 0.467. The first kappa shape index (κ1) is 15.3. The number of rotatable bonds is 5. The number of para-hydroxylation sites is 1. The van der Waals surface area contributed by atoms with E-state index >= 15 is 0 Å². The van der Waals surface area contributed by atoms with Crippen molar-refractivity contribution in [3.63, 3.8) is 0 Å². The first-order chi connectivity index (χ1) is 10.1. The van der Waals surface area contributed by atoms with Crippen LogP contribution in [0.2, 0.25) is 0 Å². The quantitative estimate of drug-likeness (QED) is 0.730. The van der Waals surface area contributed by atoms with Crippen LogP contribution in [0.5, 0.6) is 5.75 Å². The van der Waals surface area contributed by atoms with Gasteiger partial charge in [-0.3, -0.25) is 9.59 Å². The van der Waals surface area contributed by atoms with Crippen LogP contribution in [0.3, 0.4) is 0 Å². The van der Waals surface area contributed by atoms with Crippen LogP contribution in [0.15, 0.2) is 24.3 Å². The highest BCUT2D eigenvalue weighted by atomic mass is 16.3. The van der Waals surface area contributed by atoms with Gasteiger partial charge in [0.1, 0.15) is 5.75 Å². The third kappa shape index (κ3) is 3.33. The van der Waals surface area contributed by atoms with Crippen molar-refractivity contribution in [1.29, 1.82) is 0 Å². The standard InChI is InChI=1S/C15H20N2O4/c1-2-10(9-18)14(20)16-11-7-17(8-11)15(21)12-5-3-4-6-13(12)19/h3-6,10-11,18-19H,2,7-9H2,1H3,(H,16,20)/t10-/m0/s1. The number of carbonyl (C=O) groups is 2. The maximum atomic E-state index is 12.1. The van der Waals surface area contributed by atoms with Crippen molar-refractivity contribution in [2.45, 2.75) is 19.4 Å². The van der Waals surface area contributed by atoms with Crippen molar-refractivity contribution in [3.8, 4) is 5.75 Å². The second-order valence-electron chi connectivity index (χ2n) is 5.22. The van der Waals surface area contributed by atoms with Gasteiger partial charge in [0.05, 0.1) is 24.1 Å². The molecule has 1 saturated heterocycles. The number of hydrogen-bond acceptors (Lipinski definition) is 4. The Morgan fingerprint density at radius 1 is 1.38 bits per heavy atom. The van der Waals surface area contributed by atoms with Crippen LogP contribution < -0.4 is 5.32 Å². The number of amides is 2. The SMILES string of the molecule is CC[C@@H](CO)C(=O)NC1CN(C(=O)c2ccccc2O)C1. The Morgan fingerprint density at radius 3 is 2.62 bits per heavy atom. The van der Waals surface area contributed by atoms with Crippen LogP contribution in [-0.4, -0.2) is 52.7 Å². The first-order valence-electron chi connectivity index (χ1n) is 7.05. The molecule has 0 radical (unpaired) electrons. The largest absolute Gasteiger partial charge is 0.507 e. The number of aliphatic hydroxyl groups excluding tert-OH is 1. The Kier molecular flexibility index (Phi) is 4.80. The summed E-state index contributed by atoms with van der Waals surface area (Å²) in [6.07, 6.45) is 0.579. The van der Waals surface area contributed by atoms with E-state index in [1.165, 1.54) is 6.07 Å². The minimum Gasteiger partial charge on any atom is -0.507 e. The molecule has 1 aliphatic heterocycles. The van der Waals surface area contributed by atoms with Crippen molar-refractivity contribution in [1.82, 2.24) is 10.2 Å². The molecule has 6 nitrogen and oxygen atoms in total. The molecule has 0 aliphatic carbocycles. The Labute approximate surface area is 123 Å². The number of nitrogens with one attached hydrogen (secondary N) is 1. The molecule has 1 heterocycles. The summed E-state index contributed by atoms with van der Waals surface area (Å²) in [4.78, 5) is 25.5. The van der Waals surface area contributed by atoms with Gasteiger partial charge in [-0.2, -0.15) is 0 Å². The van der Waals surface area contributed by atoms with Gasteiger partial charge in [0.25, 0.3) is 5.91 Å². The lowest BCUT2D eigenvalue weighted by Crippen LogP contribution is -2.61. The van der Waals surface area contributed by atoms with E-state index in [-0.39, 0.29) is 35.8 Å². The van der Waals surface area contributed by atoms with Crippen LogP contribution in [0, 0.1) is 5.92 Å². The molecule has 1 aromatic rings. The zero-order valence-corrected chi connectivity index (χ0v) is 12.0. The number of aromatic hydroxyl groups is 1. The van der Waals surface area contributed by atoms with Crippen molar-refractivity contribution in [2.24, 2.45) is 5.92 Å². The molecule has 0 saturated carbocycles. The summed E-state index contributed by atoms with van der Waals surface area (Å²) in [6.45, 7) is 2.51. The van der Waals surface area contributed by atoms with E-state index in [4.69, 9.17) is 5.11 Å². The highest BCUT2D eigenvalue weighted by Gasteiger charge is 2.33. The molecule has 0 aromatic heterocycles. The van der Waals surface area contributed by atoms with E-state index in [1.807, 2.05) is 6.92 Å². The molecular weight excluding hydrogens is 272 g/mol. The Balaban J connectivity index is 1.85. The monoisotopic (exact) mass is 292 g/mol. The summed E-state index contributed by atoms with van der Waals surface area (Å²) in [6, 6.07) is 6.30. The molecular formula is C15H20N2O4. The van der Waals surface area contributed by atoms with Crippen LogP contribution in [0.4, 0.5) is 0 Å². The molecule has 1 aliphatic rings. The van der Waals surface area contributed by atoms with Crippen molar-refractivity contribution in [3.05, 3.63) is 29.8 Å². The van der Waals surface area contributed by atoms with Crippen LogP contribution >= 0.6 is 0 Å². The highest BCUT2D eigenvalue weighted by molar-refractivity contribution is 5.97. The van der Waals surface area contributed by atoms with Gasteiger partial charge >= 0.3 is 0 Å². The number of phenolic OH excluding ortho intramolecular Hbond substituents is 1. The molecule has 6 heteroatoms. The third-order valence-corrected chi connectivity index (χ3v) is 3.73. The normalized spacial score (nSPS) is 16.2. The lowest BCUT2D eigenvalue weighted by Gasteiger charge is -2.40. The average molecular weight is 292 g/mol. The lowest BCUT2D eigenvalue weighted by molar-refractivity contribution is -0.128. The molecule has 2 rings (SSSR count). The molecule has 1 atom stereocenters. The number of benzene rings is 1. The number of phenols is 1. The van der Waals surface area contributed by atoms with Gasteiger partial charge in [-0.15, -0.1) is 0 Å². The second-order valence-corrected chi connectivity index (χ2v) is 5.22. The first-order valence-corrected chi connectivity index (χ1v) is 7.05. The second kappa shape index (κ2) is 6.58. The predicted molar refractivity (Wildman–Crippen MR) is 76.8 cm³/mol. The van der Waals surface area contributed by atoms with Crippen molar-refractivity contribution < 1.29 is 19.8 Å². The van der Waals surface area contributed by atoms with Crippen LogP contribution in [-0.2, 0) is 4.79 Å². The topological polar surface area (TPSA) is 89.9 Å². The minimum atomic E-state index is -0.395.